The summed E-state index contributed by atoms with van der Waals surface area (Å²) < 4.78 is 6.13. The van der Waals surface area contributed by atoms with Gasteiger partial charge in [0.2, 0.25) is 0 Å². The Morgan fingerprint density at radius 3 is 2.42 bits per heavy atom. The molecule has 3 heterocycles. The van der Waals surface area contributed by atoms with Crippen LogP contribution in [0.3, 0.4) is 0 Å². The van der Waals surface area contributed by atoms with Gasteiger partial charge in [0, 0.05) is 44.2 Å². The van der Waals surface area contributed by atoms with Crippen molar-refractivity contribution in [3.63, 3.8) is 0 Å². The van der Waals surface area contributed by atoms with Crippen LogP contribution in [0, 0.1) is 11.3 Å². The maximum Gasteiger partial charge on any atom is 0.191 e. The summed E-state index contributed by atoms with van der Waals surface area (Å²) >= 11 is 0. The summed E-state index contributed by atoms with van der Waals surface area (Å²) in [6.07, 6.45) is 9.32. The highest BCUT2D eigenvalue weighted by molar-refractivity contribution is 5.80. The molecule has 0 aromatic heterocycles. The molecule has 3 aliphatic heterocycles. The minimum absolute atomic E-state index is 0.190. The number of aliphatic imine (C=N–C) groups is 1. The van der Waals surface area contributed by atoms with Crippen molar-refractivity contribution in [1.82, 2.24) is 15.5 Å². The highest BCUT2D eigenvalue weighted by Crippen LogP contribution is 2.34. The number of nitrogens with zero attached hydrogens (tertiary/aromatic N) is 2. The number of nitrogens with one attached hydrogen (secondary N) is 2. The first-order chi connectivity index (χ1) is 12.4. The summed E-state index contributed by atoms with van der Waals surface area (Å²) in [5.74, 6) is 1.52. The zero-order valence-corrected chi connectivity index (χ0v) is 17.6. The topological polar surface area (TPSA) is 48.9 Å². The molecule has 26 heavy (non-hydrogen) atoms. The molecule has 5 nitrogen and oxygen atoms in total. The van der Waals surface area contributed by atoms with Gasteiger partial charge in [0.1, 0.15) is 0 Å². The highest BCUT2D eigenvalue weighted by atomic mass is 16.5. The predicted molar refractivity (Wildman–Crippen MR) is 109 cm³/mol. The van der Waals surface area contributed by atoms with Gasteiger partial charge >= 0.3 is 0 Å². The van der Waals surface area contributed by atoms with Crippen LogP contribution in [-0.2, 0) is 4.74 Å². The lowest BCUT2D eigenvalue weighted by Crippen LogP contribution is -2.57. The van der Waals surface area contributed by atoms with Crippen molar-refractivity contribution in [2.24, 2.45) is 16.3 Å². The van der Waals surface area contributed by atoms with Gasteiger partial charge in [-0.25, -0.2) is 0 Å². The molecule has 4 atom stereocenters. The van der Waals surface area contributed by atoms with Crippen molar-refractivity contribution < 1.29 is 4.74 Å². The van der Waals surface area contributed by atoms with E-state index in [2.05, 4.69) is 48.3 Å². The summed E-state index contributed by atoms with van der Waals surface area (Å²) in [5, 5.41) is 7.33. The summed E-state index contributed by atoms with van der Waals surface area (Å²) in [6.45, 7) is 8.73. The van der Waals surface area contributed by atoms with Crippen LogP contribution in [-0.4, -0.2) is 62.3 Å². The lowest BCUT2D eigenvalue weighted by molar-refractivity contribution is -0.0835. The largest absolute Gasteiger partial charge is 0.377 e. The normalized spacial score (nSPS) is 36.7. The smallest absolute Gasteiger partial charge is 0.191 e. The number of hydrogen-bond donors (Lipinski definition) is 2. The molecule has 3 saturated heterocycles. The van der Waals surface area contributed by atoms with Crippen LogP contribution in [0.1, 0.15) is 65.7 Å². The molecular weight excluding hydrogens is 324 g/mol. The summed E-state index contributed by atoms with van der Waals surface area (Å²) in [5.41, 5.74) is 0.190. The third kappa shape index (κ3) is 4.72. The van der Waals surface area contributed by atoms with Crippen molar-refractivity contribution in [3.05, 3.63) is 0 Å². The van der Waals surface area contributed by atoms with E-state index in [-0.39, 0.29) is 5.41 Å². The molecule has 0 aromatic rings. The molecule has 0 spiro atoms. The van der Waals surface area contributed by atoms with E-state index in [4.69, 9.17) is 4.74 Å². The predicted octanol–water partition coefficient (Wildman–Crippen LogP) is 3.01. The Hall–Kier alpha value is -0.810. The van der Waals surface area contributed by atoms with E-state index in [9.17, 15) is 0 Å². The molecule has 0 radical (unpaired) electrons. The monoisotopic (exact) mass is 364 g/mol. The Labute approximate surface area is 160 Å². The maximum atomic E-state index is 6.13. The van der Waals surface area contributed by atoms with Crippen LogP contribution in [0.2, 0.25) is 0 Å². The van der Waals surface area contributed by atoms with Gasteiger partial charge < -0.3 is 20.3 Å². The van der Waals surface area contributed by atoms with E-state index < -0.39 is 0 Å². The second kappa shape index (κ2) is 8.47. The van der Waals surface area contributed by atoms with E-state index in [1.165, 1.54) is 44.9 Å². The van der Waals surface area contributed by atoms with Crippen molar-refractivity contribution in [3.8, 4) is 0 Å². The minimum Gasteiger partial charge on any atom is -0.377 e. The Morgan fingerprint density at radius 2 is 1.81 bits per heavy atom. The lowest BCUT2D eigenvalue weighted by Gasteiger charge is -2.47. The van der Waals surface area contributed by atoms with Gasteiger partial charge in [0.15, 0.2) is 5.96 Å². The van der Waals surface area contributed by atoms with E-state index in [0.717, 1.165) is 31.2 Å². The molecule has 3 aliphatic rings. The third-order valence-corrected chi connectivity index (χ3v) is 6.73. The molecule has 4 unspecified atom stereocenters. The third-order valence-electron chi connectivity index (χ3n) is 6.73. The Bertz CT molecular complexity index is 473. The average Bonchev–Trinajstić information content (AvgIpc) is 2.58. The van der Waals surface area contributed by atoms with Crippen molar-refractivity contribution in [1.29, 1.82) is 0 Å². The van der Waals surface area contributed by atoms with Gasteiger partial charge in [0.05, 0.1) is 6.10 Å². The first-order valence-electron chi connectivity index (χ1n) is 10.7. The summed E-state index contributed by atoms with van der Waals surface area (Å²) in [4.78, 5) is 7.12. The van der Waals surface area contributed by atoms with Crippen LogP contribution >= 0.6 is 0 Å². The average molecular weight is 365 g/mol. The van der Waals surface area contributed by atoms with Gasteiger partial charge in [-0.05, 0) is 51.0 Å². The lowest BCUT2D eigenvalue weighted by atomic mass is 9.78. The number of ether oxygens (including phenoxy) is 1. The standard InChI is InChI=1S/C21H40N4O/c1-21(2,3)19-15(8-7-11-26-19)14-23-20(22-4)24-16-12-17-9-6-10-18(13-16)25(17)5/h15-19H,6-14H2,1-5H3,(H2,22,23,24). The SMILES string of the molecule is CN=C(NCC1CCCOC1C(C)(C)C)NC1CC2CCCC(C1)N2C. The van der Waals surface area contributed by atoms with Gasteiger partial charge in [-0.15, -0.1) is 0 Å². The van der Waals surface area contributed by atoms with E-state index >= 15 is 0 Å². The first kappa shape index (κ1) is 19.9. The van der Waals surface area contributed by atoms with Crippen molar-refractivity contribution in [2.75, 3.05) is 27.2 Å². The summed E-state index contributed by atoms with van der Waals surface area (Å²) in [7, 11) is 4.21. The molecule has 2 N–H and O–H groups in total. The number of fused-ring (bicyclic) bond motifs is 2. The highest BCUT2D eigenvalue weighted by Gasteiger charge is 2.37. The molecule has 0 amide bonds. The van der Waals surface area contributed by atoms with Crippen LogP contribution in [0.25, 0.3) is 0 Å². The molecule has 0 aromatic carbocycles. The zero-order chi connectivity index (χ0) is 18.7. The number of hydrogen-bond acceptors (Lipinski definition) is 3. The van der Waals surface area contributed by atoms with Crippen LogP contribution in [0.5, 0.6) is 0 Å². The second-order valence-electron chi connectivity index (χ2n) is 9.73. The molecule has 150 valence electrons. The molecule has 0 saturated carbocycles. The molecular formula is C21H40N4O. The fourth-order valence-electron chi connectivity index (χ4n) is 5.36. The van der Waals surface area contributed by atoms with Gasteiger partial charge in [-0.3, -0.25) is 4.99 Å². The van der Waals surface area contributed by atoms with E-state index in [1.807, 2.05) is 7.05 Å². The first-order valence-corrected chi connectivity index (χ1v) is 10.7. The Kier molecular flexibility index (Phi) is 6.50. The van der Waals surface area contributed by atoms with Gasteiger partial charge in [-0.2, -0.15) is 0 Å². The maximum absolute atomic E-state index is 6.13. The van der Waals surface area contributed by atoms with Gasteiger partial charge in [0.25, 0.3) is 0 Å². The second-order valence-corrected chi connectivity index (χ2v) is 9.73. The Balaban J connectivity index is 1.52. The van der Waals surface area contributed by atoms with Crippen LogP contribution in [0.4, 0.5) is 0 Å². The fourth-order valence-corrected chi connectivity index (χ4v) is 5.36. The molecule has 3 fully saturated rings. The zero-order valence-electron chi connectivity index (χ0n) is 17.6. The quantitative estimate of drug-likeness (QED) is 0.597. The van der Waals surface area contributed by atoms with E-state index in [1.54, 1.807) is 0 Å². The van der Waals surface area contributed by atoms with Crippen molar-refractivity contribution in [2.45, 2.75) is 89.9 Å². The molecule has 5 heteroatoms. The molecule has 0 aliphatic carbocycles. The Morgan fingerprint density at radius 1 is 1.12 bits per heavy atom. The summed E-state index contributed by atoms with van der Waals surface area (Å²) in [6, 6.07) is 2.04. The van der Waals surface area contributed by atoms with Crippen LogP contribution < -0.4 is 10.6 Å². The fraction of sp³-hybridized carbons (Fsp3) is 0.952. The van der Waals surface area contributed by atoms with Crippen molar-refractivity contribution >= 4 is 5.96 Å². The van der Waals surface area contributed by atoms with Crippen LogP contribution in [0.15, 0.2) is 4.99 Å². The number of rotatable bonds is 3. The number of guanidine groups is 1. The van der Waals surface area contributed by atoms with E-state index in [0.29, 0.717) is 18.1 Å². The minimum atomic E-state index is 0.190. The molecule has 3 rings (SSSR count). The number of piperidine rings is 2. The molecule has 2 bridgehead atoms. The van der Waals surface area contributed by atoms with Gasteiger partial charge in [-0.1, -0.05) is 27.2 Å².